The number of rotatable bonds is 5. The van der Waals surface area contributed by atoms with Gasteiger partial charge < -0.3 is 4.90 Å². The normalized spacial score (nSPS) is 16.5. The number of thiophene rings is 1. The number of unbranched alkanes of at least 4 members (excludes halogenated alkanes) is 1. The van der Waals surface area contributed by atoms with Crippen LogP contribution in [-0.4, -0.2) is 12.5 Å². The van der Waals surface area contributed by atoms with Crippen molar-refractivity contribution in [2.24, 2.45) is 0 Å². The molecule has 0 bridgehead atoms. The van der Waals surface area contributed by atoms with Crippen LogP contribution in [0.3, 0.4) is 0 Å². The van der Waals surface area contributed by atoms with Crippen LogP contribution in [0.2, 0.25) is 0 Å². The lowest BCUT2D eigenvalue weighted by molar-refractivity contribution is 0.0969. The highest BCUT2D eigenvalue weighted by molar-refractivity contribution is 9.11. The molecule has 3 aromatic rings. The van der Waals surface area contributed by atoms with E-state index in [4.69, 9.17) is 0 Å². The summed E-state index contributed by atoms with van der Waals surface area (Å²) in [5, 5.41) is 0. The van der Waals surface area contributed by atoms with E-state index in [2.05, 4.69) is 46.0 Å². The van der Waals surface area contributed by atoms with E-state index >= 15 is 0 Å². The van der Waals surface area contributed by atoms with E-state index in [9.17, 15) is 4.79 Å². The first-order valence-corrected chi connectivity index (χ1v) is 10.8. The predicted octanol–water partition coefficient (Wildman–Crippen LogP) is 6.48. The Morgan fingerprint density at radius 3 is 2.44 bits per heavy atom. The monoisotopic (exact) mass is 440 g/mol. The summed E-state index contributed by atoms with van der Waals surface area (Å²) in [4.78, 5) is 19.0. The third-order valence-electron chi connectivity index (χ3n) is 4.84. The average molecular weight is 441 g/mol. The zero-order chi connectivity index (χ0) is 18.8. The van der Waals surface area contributed by atoms with Gasteiger partial charge in [-0.15, -0.1) is 11.3 Å². The molecule has 1 aliphatic rings. The molecule has 0 radical (unpaired) electrons. The number of hydrogen-bond acceptors (Lipinski definition) is 3. The van der Waals surface area contributed by atoms with Gasteiger partial charge in [0.15, 0.2) is 0 Å². The van der Waals surface area contributed by atoms with Gasteiger partial charge in [-0.05, 0) is 58.7 Å². The van der Waals surface area contributed by atoms with E-state index in [1.54, 1.807) is 11.3 Å². The first kappa shape index (κ1) is 18.3. The SMILES string of the molecule is CCCCN1c2ccccc2C(=O)N(c2ccccc2)C1c1ccc(Br)s1. The summed E-state index contributed by atoms with van der Waals surface area (Å²) in [6.45, 7) is 3.11. The van der Waals surface area contributed by atoms with Crippen molar-refractivity contribution in [1.82, 2.24) is 0 Å². The molecule has 27 heavy (non-hydrogen) atoms. The zero-order valence-electron chi connectivity index (χ0n) is 15.1. The molecule has 4 rings (SSSR count). The molecule has 3 nitrogen and oxygen atoms in total. The van der Waals surface area contributed by atoms with Crippen LogP contribution in [0.4, 0.5) is 11.4 Å². The Kier molecular flexibility index (Phi) is 5.32. The fraction of sp³-hybridized carbons (Fsp3) is 0.227. The van der Waals surface area contributed by atoms with Crippen molar-refractivity contribution in [3.8, 4) is 0 Å². The summed E-state index contributed by atoms with van der Waals surface area (Å²) >= 11 is 5.28. The molecule has 0 saturated carbocycles. The quantitative estimate of drug-likeness (QED) is 0.453. The Bertz CT molecular complexity index is 940. The summed E-state index contributed by atoms with van der Waals surface area (Å²) in [6.07, 6.45) is 2.05. The standard InChI is InChI=1S/C22H21BrN2OS/c1-2-3-15-24-18-12-8-7-11-17(18)22(26)25(16-9-5-4-6-10-16)21(24)19-13-14-20(23)27-19/h4-14,21H,2-3,15H2,1H3. The lowest BCUT2D eigenvalue weighted by Crippen LogP contribution is -2.49. The molecule has 2 heterocycles. The predicted molar refractivity (Wildman–Crippen MR) is 117 cm³/mol. The second-order valence-corrected chi connectivity index (χ2v) is 9.08. The molecule has 0 aliphatic carbocycles. The highest BCUT2D eigenvalue weighted by Crippen LogP contribution is 2.43. The number of carbonyl (C=O) groups excluding carboxylic acids is 1. The second-order valence-electron chi connectivity index (χ2n) is 6.59. The third kappa shape index (κ3) is 3.42. The Labute approximate surface area is 172 Å². The topological polar surface area (TPSA) is 23.6 Å². The van der Waals surface area contributed by atoms with Gasteiger partial charge in [0.05, 0.1) is 15.0 Å². The maximum absolute atomic E-state index is 13.5. The van der Waals surface area contributed by atoms with Crippen LogP contribution in [0.25, 0.3) is 0 Å². The van der Waals surface area contributed by atoms with Crippen LogP contribution < -0.4 is 9.80 Å². The van der Waals surface area contributed by atoms with Gasteiger partial charge in [-0.1, -0.05) is 43.7 Å². The molecule has 2 aromatic carbocycles. The smallest absolute Gasteiger partial charge is 0.262 e. The molecular formula is C22H21BrN2OS. The van der Waals surface area contributed by atoms with E-state index in [-0.39, 0.29) is 12.1 Å². The highest BCUT2D eigenvalue weighted by Gasteiger charge is 2.39. The van der Waals surface area contributed by atoms with Crippen molar-refractivity contribution in [3.05, 3.63) is 81.0 Å². The van der Waals surface area contributed by atoms with Crippen molar-refractivity contribution < 1.29 is 4.79 Å². The van der Waals surface area contributed by atoms with E-state index in [0.29, 0.717) is 0 Å². The van der Waals surface area contributed by atoms with Crippen LogP contribution in [0.1, 0.15) is 41.2 Å². The fourth-order valence-corrected chi connectivity index (χ4v) is 5.11. The molecule has 0 N–H and O–H groups in total. The van der Waals surface area contributed by atoms with E-state index in [0.717, 1.165) is 45.0 Å². The molecule has 1 unspecified atom stereocenters. The van der Waals surface area contributed by atoms with Gasteiger partial charge in [-0.25, -0.2) is 0 Å². The van der Waals surface area contributed by atoms with Crippen molar-refractivity contribution >= 4 is 44.5 Å². The second kappa shape index (κ2) is 7.87. The van der Waals surface area contributed by atoms with Crippen molar-refractivity contribution in [2.45, 2.75) is 25.9 Å². The molecular weight excluding hydrogens is 420 g/mol. The lowest BCUT2D eigenvalue weighted by Gasteiger charge is -2.45. The third-order valence-corrected chi connectivity index (χ3v) is 6.50. The molecule has 0 spiro atoms. The molecule has 1 amide bonds. The Hall–Kier alpha value is -2.11. The molecule has 1 aliphatic heterocycles. The molecule has 1 aromatic heterocycles. The van der Waals surface area contributed by atoms with Crippen LogP contribution in [0.5, 0.6) is 0 Å². The molecule has 138 valence electrons. The molecule has 0 saturated heterocycles. The number of amides is 1. The first-order valence-electron chi connectivity index (χ1n) is 9.20. The largest absolute Gasteiger partial charge is 0.346 e. The summed E-state index contributed by atoms with van der Waals surface area (Å²) in [7, 11) is 0. The lowest BCUT2D eigenvalue weighted by atomic mass is 10.0. The van der Waals surface area contributed by atoms with Gasteiger partial charge >= 0.3 is 0 Å². The summed E-state index contributed by atoms with van der Waals surface area (Å²) < 4.78 is 1.08. The van der Waals surface area contributed by atoms with E-state index in [1.165, 1.54) is 0 Å². The van der Waals surface area contributed by atoms with Gasteiger partial charge in [-0.2, -0.15) is 0 Å². The van der Waals surface area contributed by atoms with E-state index < -0.39 is 0 Å². The fourth-order valence-electron chi connectivity index (χ4n) is 3.58. The highest BCUT2D eigenvalue weighted by atomic mass is 79.9. The number of para-hydroxylation sites is 2. The summed E-state index contributed by atoms with van der Waals surface area (Å²) in [6, 6.07) is 22.1. The number of hydrogen-bond donors (Lipinski definition) is 0. The number of anilines is 2. The van der Waals surface area contributed by atoms with Gasteiger partial charge in [0.1, 0.15) is 6.17 Å². The first-order chi connectivity index (χ1) is 13.2. The zero-order valence-corrected chi connectivity index (χ0v) is 17.5. The number of carbonyl (C=O) groups is 1. The van der Waals surface area contributed by atoms with E-state index in [1.807, 2.05) is 53.4 Å². The molecule has 5 heteroatoms. The summed E-state index contributed by atoms with van der Waals surface area (Å²) in [5.41, 5.74) is 2.72. The summed E-state index contributed by atoms with van der Waals surface area (Å²) in [5.74, 6) is 0.0547. The minimum atomic E-state index is -0.141. The van der Waals surface area contributed by atoms with Gasteiger partial charge in [0, 0.05) is 17.1 Å². The van der Waals surface area contributed by atoms with Crippen LogP contribution >= 0.6 is 27.3 Å². The Balaban J connectivity index is 1.91. The average Bonchev–Trinajstić information content (AvgIpc) is 3.13. The van der Waals surface area contributed by atoms with Gasteiger partial charge in [-0.3, -0.25) is 9.69 Å². The minimum absolute atomic E-state index is 0.0547. The van der Waals surface area contributed by atoms with Crippen molar-refractivity contribution in [2.75, 3.05) is 16.3 Å². The minimum Gasteiger partial charge on any atom is -0.346 e. The molecule has 0 fully saturated rings. The number of halogens is 1. The van der Waals surface area contributed by atoms with Crippen LogP contribution in [0, 0.1) is 0 Å². The maximum atomic E-state index is 13.5. The van der Waals surface area contributed by atoms with Gasteiger partial charge in [0.25, 0.3) is 5.91 Å². The molecule has 1 atom stereocenters. The van der Waals surface area contributed by atoms with Crippen LogP contribution in [0.15, 0.2) is 70.5 Å². The van der Waals surface area contributed by atoms with Gasteiger partial charge in [0.2, 0.25) is 0 Å². The van der Waals surface area contributed by atoms with Crippen molar-refractivity contribution in [1.29, 1.82) is 0 Å². The van der Waals surface area contributed by atoms with Crippen LogP contribution in [-0.2, 0) is 0 Å². The Morgan fingerprint density at radius 1 is 1.00 bits per heavy atom. The number of nitrogens with zero attached hydrogens (tertiary/aromatic N) is 2. The maximum Gasteiger partial charge on any atom is 0.262 e. The Morgan fingerprint density at radius 2 is 1.74 bits per heavy atom. The number of benzene rings is 2. The van der Waals surface area contributed by atoms with Crippen molar-refractivity contribution in [3.63, 3.8) is 0 Å². The number of fused-ring (bicyclic) bond motifs is 1.